The zero-order valence-electron chi connectivity index (χ0n) is 29.7. The molecule has 0 spiro atoms. The largest absolute Gasteiger partial charge is 0.454 e. The SMILES string of the molecule is C1=CCCC(C2=C3C=CC=CC3[N-]C(c3cccc(-c4cccc(-n5c6ccccc6c6cc(C7C=Cc8c(sc9ccccc89)C7)ccc65)c4)c3)=N2)=C1. The van der Waals surface area contributed by atoms with Crippen LogP contribution in [0, 0.1) is 0 Å². The minimum atomic E-state index is -0.0189. The van der Waals surface area contributed by atoms with Crippen LogP contribution in [-0.4, -0.2) is 16.4 Å². The fourth-order valence-electron chi connectivity index (χ4n) is 8.71. The molecule has 11 rings (SSSR count). The number of aromatic nitrogens is 1. The molecule has 54 heavy (non-hydrogen) atoms. The van der Waals surface area contributed by atoms with Crippen LogP contribution in [0.15, 0.2) is 186 Å². The summed E-state index contributed by atoms with van der Waals surface area (Å²) >= 11 is 1.95. The fourth-order valence-corrected chi connectivity index (χ4v) is 9.96. The first-order chi connectivity index (χ1) is 26.7. The molecule has 0 saturated heterocycles. The van der Waals surface area contributed by atoms with Gasteiger partial charge >= 0.3 is 0 Å². The first kappa shape index (κ1) is 31.3. The van der Waals surface area contributed by atoms with Crippen LogP contribution in [0.4, 0.5) is 0 Å². The topological polar surface area (TPSA) is 31.4 Å². The quantitative estimate of drug-likeness (QED) is 0.170. The summed E-state index contributed by atoms with van der Waals surface area (Å²) < 4.78 is 3.81. The highest BCUT2D eigenvalue weighted by molar-refractivity contribution is 7.19. The maximum Gasteiger partial charge on any atom is 0.0541 e. The third-order valence-corrected chi connectivity index (χ3v) is 12.6. The molecule has 3 heterocycles. The van der Waals surface area contributed by atoms with Crippen molar-refractivity contribution < 1.29 is 0 Å². The van der Waals surface area contributed by atoms with Gasteiger partial charge < -0.3 is 14.9 Å². The van der Waals surface area contributed by atoms with Gasteiger partial charge in [-0.1, -0.05) is 133 Å². The molecule has 0 amide bonds. The Morgan fingerprint density at radius 2 is 1.52 bits per heavy atom. The molecular weight excluding hydrogens is 675 g/mol. The van der Waals surface area contributed by atoms with Crippen molar-refractivity contribution in [3.05, 3.63) is 208 Å². The highest BCUT2D eigenvalue weighted by atomic mass is 32.1. The molecule has 0 fully saturated rings. The van der Waals surface area contributed by atoms with Crippen molar-refractivity contribution in [2.45, 2.75) is 31.2 Å². The standard InChI is InChI=1S/C50H36N3S/c1-2-12-32(13-3-1)49-42-20-4-7-21-44(42)51-50(52-49)37-16-10-14-33(28-37)34-15-11-17-38(29-34)53-45-22-8-5-18-39(45)43-30-35(25-27-46(43)53)36-24-26-41-40-19-6-9-23-47(40)54-48(41)31-36/h1-2,4-12,14-30,36,44H,3,13,31H2/q-1. The molecule has 0 radical (unpaired) electrons. The molecule has 1 aliphatic heterocycles. The Morgan fingerprint density at radius 1 is 0.685 bits per heavy atom. The van der Waals surface area contributed by atoms with Gasteiger partial charge in [0.2, 0.25) is 0 Å². The number of para-hydroxylation sites is 1. The molecule has 7 aromatic rings. The van der Waals surface area contributed by atoms with Gasteiger partial charge in [0.15, 0.2) is 0 Å². The summed E-state index contributed by atoms with van der Waals surface area (Å²) in [5, 5.41) is 9.09. The Labute approximate surface area is 319 Å². The highest BCUT2D eigenvalue weighted by Gasteiger charge is 2.22. The van der Waals surface area contributed by atoms with Gasteiger partial charge in [-0.3, -0.25) is 0 Å². The van der Waals surface area contributed by atoms with Gasteiger partial charge in [0.1, 0.15) is 0 Å². The summed E-state index contributed by atoms with van der Waals surface area (Å²) in [4.78, 5) is 6.70. The van der Waals surface area contributed by atoms with E-state index in [1.165, 1.54) is 59.0 Å². The van der Waals surface area contributed by atoms with E-state index in [1.54, 1.807) is 0 Å². The zero-order chi connectivity index (χ0) is 35.6. The third kappa shape index (κ3) is 5.20. The minimum absolute atomic E-state index is 0.0189. The molecule has 5 aromatic carbocycles. The van der Waals surface area contributed by atoms with E-state index < -0.39 is 0 Å². The number of hydrogen-bond donors (Lipinski definition) is 0. The summed E-state index contributed by atoms with van der Waals surface area (Å²) in [5.41, 5.74) is 13.2. The first-order valence-electron chi connectivity index (χ1n) is 18.9. The second kappa shape index (κ2) is 12.7. The van der Waals surface area contributed by atoms with Crippen molar-refractivity contribution >= 4 is 55.1 Å². The summed E-state index contributed by atoms with van der Waals surface area (Å²) in [5.74, 6) is 1.15. The molecule has 4 heteroatoms. The number of hydrogen-bond acceptors (Lipinski definition) is 2. The maximum atomic E-state index is 5.22. The third-order valence-electron chi connectivity index (χ3n) is 11.4. The number of rotatable bonds is 5. The number of benzene rings is 5. The lowest BCUT2D eigenvalue weighted by Crippen LogP contribution is -2.20. The molecule has 3 aliphatic carbocycles. The van der Waals surface area contributed by atoms with Crippen LogP contribution >= 0.6 is 11.3 Å². The molecule has 258 valence electrons. The van der Waals surface area contributed by atoms with Crippen molar-refractivity contribution in [1.82, 2.24) is 4.57 Å². The Kier molecular flexibility index (Phi) is 7.37. The smallest absolute Gasteiger partial charge is 0.0541 e. The van der Waals surface area contributed by atoms with Crippen molar-refractivity contribution in [1.29, 1.82) is 0 Å². The predicted molar refractivity (Wildman–Crippen MR) is 229 cm³/mol. The fraction of sp³-hybridized carbons (Fsp3) is 0.100. The van der Waals surface area contributed by atoms with E-state index in [9.17, 15) is 0 Å². The molecule has 4 aliphatic rings. The number of nitrogens with zero attached hydrogens (tertiary/aromatic N) is 3. The molecule has 3 nitrogen and oxygen atoms in total. The van der Waals surface area contributed by atoms with Gasteiger partial charge in [-0.15, -0.1) is 11.3 Å². The van der Waals surface area contributed by atoms with E-state index in [0.717, 1.165) is 53.2 Å². The van der Waals surface area contributed by atoms with Crippen LogP contribution in [0.5, 0.6) is 0 Å². The van der Waals surface area contributed by atoms with E-state index in [1.807, 2.05) is 11.3 Å². The predicted octanol–water partition coefficient (Wildman–Crippen LogP) is 13.2. The van der Waals surface area contributed by atoms with Gasteiger partial charge in [-0.2, -0.15) is 0 Å². The number of aliphatic imine (C=N–C) groups is 1. The Morgan fingerprint density at radius 3 is 2.44 bits per heavy atom. The molecule has 0 bridgehead atoms. The second-order valence-electron chi connectivity index (χ2n) is 14.6. The maximum absolute atomic E-state index is 5.22. The van der Waals surface area contributed by atoms with Gasteiger partial charge in [0.25, 0.3) is 0 Å². The van der Waals surface area contributed by atoms with E-state index in [0.29, 0.717) is 5.92 Å². The van der Waals surface area contributed by atoms with Crippen molar-refractivity contribution in [3.8, 4) is 16.8 Å². The number of thiophene rings is 1. The molecule has 2 aromatic heterocycles. The first-order valence-corrected chi connectivity index (χ1v) is 19.7. The lowest BCUT2D eigenvalue weighted by atomic mass is 9.88. The van der Waals surface area contributed by atoms with E-state index in [2.05, 4.69) is 175 Å². The summed E-state index contributed by atoms with van der Waals surface area (Å²) in [6, 6.07) is 42.4. The van der Waals surface area contributed by atoms with Crippen LogP contribution in [0.2, 0.25) is 0 Å². The van der Waals surface area contributed by atoms with E-state index >= 15 is 0 Å². The lowest BCUT2D eigenvalue weighted by molar-refractivity contribution is 0.843. The van der Waals surface area contributed by atoms with E-state index in [-0.39, 0.29) is 6.04 Å². The van der Waals surface area contributed by atoms with Crippen LogP contribution in [-0.2, 0) is 6.42 Å². The molecule has 0 saturated carbocycles. The van der Waals surface area contributed by atoms with Crippen molar-refractivity contribution in [3.63, 3.8) is 0 Å². The molecule has 2 atom stereocenters. The highest BCUT2D eigenvalue weighted by Crippen LogP contribution is 2.42. The lowest BCUT2D eigenvalue weighted by Gasteiger charge is -2.37. The summed E-state index contributed by atoms with van der Waals surface area (Å²) in [6.07, 6.45) is 23.0. The van der Waals surface area contributed by atoms with Gasteiger partial charge in [0, 0.05) is 38.0 Å². The van der Waals surface area contributed by atoms with Crippen LogP contribution < -0.4 is 0 Å². The zero-order valence-corrected chi connectivity index (χ0v) is 30.5. The van der Waals surface area contributed by atoms with Gasteiger partial charge in [0.05, 0.1) is 11.0 Å². The Balaban J connectivity index is 0.958. The molecular formula is C50H36N3S-. The average molecular weight is 711 g/mol. The van der Waals surface area contributed by atoms with E-state index in [4.69, 9.17) is 10.3 Å². The Bertz CT molecular complexity index is 2900. The Hall–Kier alpha value is -6.23. The van der Waals surface area contributed by atoms with Gasteiger partial charge in [-0.05, 0) is 112 Å². The second-order valence-corrected chi connectivity index (χ2v) is 15.7. The van der Waals surface area contributed by atoms with Crippen LogP contribution in [0.3, 0.4) is 0 Å². The number of fused-ring (bicyclic) bond motifs is 7. The van der Waals surface area contributed by atoms with Crippen molar-refractivity contribution in [2.24, 2.45) is 4.99 Å². The van der Waals surface area contributed by atoms with Crippen molar-refractivity contribution in [2.75, 3.05) is 0 Å². The van der Waals surface area contributed by atoms with Crippen LogP contribution in [0.1, 0.15) is 40.3 Å². The minimum Gasteiger partial charge on any atom is -0.454 e. The summed E-state index contributed by atoms with van der Waals surface area (Å²) in [7, 11) is 0. The summed E-state index contributed by atoms with van der Waals surface area (Å²) in [6.45, 7) is 0. The average Bonchev–Trinajstić information content (AvgIpc) is 3.79. The van der Waals surface area contributed by atoms with Crippen LogP contribution in [0.25, 0.3) is 60.1 Å². The monoisotopic (exact) mass is 710 g/mol. The normalized spacial score (nSPS) is 18.9. The molecule has 0 N–H and O–H groups in total. The number of amidine groups is 1. The van der Waals surface area contributed by atoms with Gasteiger partial charge in [-0.25, -0.2) is 0 Å². The number of allylic oxidation sites excluding steroid dienone is 7. The molecule has 2 unspecified atom stereocenters.